The fourth-order valence-electron chi connectivity index (χ4n) is 3.01. The molecule has 0 spiro atoms. The highest BCUT2D eigenvalue weighted by Crippen LogP contribution is 2.19. The largest absolute Gasteiger partial charge is 0.488 e. The molecule has 3 rings (SSSR count). The molecule has 1 aliphatic rings. The predicted octanol–water partition coefficient (Wildman–Crippen LogP) is 0.867. The van der Waals surface area contributed by atoms with Gasteiger partial charge in [0.05, 0.1) is 4.90 Å². The predicted molar refractivity (Wildman–Crippen MR) is 115 cm³/mol. The summed E-state index contributed by atoms with van der Waals surface area (Å²) in [5.41, 5.74) is 0. The van der Waals surface area contributed by atoms with Crippen molar-refractivity contribution >= 4 is 22.0 Å². The van der Waals surface area contributed by atoms with E-state index in [0.29, 0.717) is 19.6 Å². The number of aliphatic hydroxyl groups excluding tert-OH is 1. The van der Waals surface area contributed by atoms with Gasteiger partial charge in [-0.1, -0.05) is 12.1 Å². The number of benzene rings is 2. The summed E-state index contributed by atoms with van der Waals surface area (Å²) in [4.78, 5) is 20.2. The summed E-state index contributed by atoms with van der Waals surface area (Å²) >= 11 is 0. The molecule has 1 saturated heterocycles. The average molecular weight is 502 g/mol. The zero-order chi connectivity index (χ0) is 25.3. The quantitative estimate of drug-likeness (QED) is 0.470. The van der Waals surface area contributed by atoms with Crippen molar-refractivity contribution < 1.29 is 46.8 Å². The number of aliphatic carboxylic acids is 2. The summed E-state index contributed by atoms with van der Waals surface area (Å²) < 4.78 is 58.4. The van der Waals surface area contributed by atoms with Gasteiger partial charge in [0.25, 0.3) is 0 Å². The molecule has 0 amide bonds. The van der Waals surface area contributed by atoms with E-state index in [1.807, 2.05) is 4.90 Å². The Kier molecular flexibility index (Phi) is 9.86. The number of rotatable bonds is 7. The molecule has 0 bridgehead atoms. The van der Waals surface area contributed by atoms with Gasteiger partial charge in [-0.2, -0.15) is 4.31 Å². The van der Waals surface area contributed by atoms with Crippen LogP contribution in [0.5, 0.6) is 5.75 Å². The Hall–Kier alpha value is -3.13. The number of carbonyl (C=O) groups is 2. The number of hydrogen-bond acceptors (Lipinski definition) is 7. The van der Waals surface area contributed by atoms with E-state index in [9.17, 15) is 22.3 Å². The highest BCUT2D eigenvalue weighted by atomic mass is 32.2. The Balaban J connectivity index is 0.000000604. The van der Waals surface area contributed by atoms with E-state index in [0.717, 1.165) is 12.1 Å². The minimum atomic E-state index is -3.67. The molecule has 2 aromatic carbocycles. The maximum atomic E-state index is 13.5. The Bertz CT molecular complexity index is 1060. The first kappa shape index (κ1) is 27.1. The number of para-hydroxylation sites is 1. The van der Waals surface area contributed by atoms with E-state index in [2.05, 4.69) is 0 Å². The van der Waals surface area contributed by atoms with Gasteiger partial charge in [-0.05, 0) is 36.4 Å². The summed E-state index contributed by atoms with van der Waals surface area (Å²) in [6.07, 6.45) is -0.833. The van der Waals surface area contributed by atoms with E-state index < -0.39 is 39.7 Å². The second kappa shape index (κ2) is 12.4. The summed E-state index contributed by atoms with van der Waals surface area (Å²) in [5, 5.41) is 24.9. The second-order valence-corrected chi connectivity index (χ2v) is 9.10. The standard InChI is InChI=1S/C19H22F2N2O4S.C2H2O4/c20-15-5-7-17(8-6-15)28(25,26)23-11-9-22(10-12-23)13-16(24)14-27-19-4-2-1-3-18(19)21;3-1(4)2(5)6/h1-8,16,24H,9-14H2;(H,3,4)(H,5,6). The molecule has 1 atom stereocenters. The molecule has 1 unspecified atom stereocenters. The molecule has 186 valence electrons. The number of ether oxygens (including phenoxy) is 1. The zero-order valence-corrected chi connectivity index (χ0v) is 18.7. The topological polar surface area (TPSA) is 145 Å². The van der Waals surface area contributed by atoms with Crippen LogP contribution in [0.25, 0.3) is 0 Å². The lowest BCUT2D eigenvalue weighted by atomic mass is 10.3. The molecule has 1 fully saturated rings. The lowest BCUT2D eigenvalue weighted by molar-refractivity contribution is -0.159. The minimum absolute atomic E-state index is 0.0562. The third-order valence-corrected chi connectivity index (χ3v) is 6.62. The molecule has 0 radical (unpaired) electrons. The Labute approximate surface area is 194 Å². The van der Waals surface area contributed by atoms with Crippen LogP contribution >= 0.6 is 0 Å². The van der Waals surface area contributed by atoms with Crippen LogP contribution in [0.4, 0.5) is 8.78 Å². The molecule has 10 nitrogen and oxygen atoms in total. The number of nitrogens with zero attached hydrogens (tertiary/aromatic N) is 2. The van der Waals surface area contributed by atoms with Crippen molar-refractivity contribution in [3.63, 3.8) is 0 Å². The smallest absolute Gasteiger partial charge is 0.414 e. The van der Waals surface area contributed by atoms with Crippen LogP contribution in [0.3, 0.4) is 0 Å². The maximum Gasteiger partial charge on any atom is 0.414 e. The SMILES string of the molecule is O=C(O)C(=O)O.O=S(=O)(c1ccc(F)cc1)N1CCN(CC(O)COc2ccccc2F)CC1. The Morgan fingerprint density at radius 3 is 2.03 bits per heavy atom. The number of hydrogen-bond donors (Lipinski definition) is 3. The summed E-state index contributed by atoms with van der Waals surface area (Å²) in [6, 6.07) is 10.7. The summed E-state index contributed by atoms with van der Waals surface area (Å²) in [5.74, 6) is -4.55. The van der Waals surface area contributed by atoms with Crippen molar-refractivity contribution in [2.45, 2.75) is 11.0 Å². The van der Waals surface area contributed by atoms with E-state index in [1.165, 1.54) is 28.6 Å². The number of β-amino-alcohol motifs (C(OH)–C–C–N with tert-alkyl or cyclic N) is 1. The fourth-order valence-corrected chi connectivity index (χ4v) is 4.43. The van der Waals surface area contributed by atoms with Crippen LogP contribution < -0.4 is 4.74 Å². The lowest BCUT2D eigenvalue weighted by Gasteiger charge is -2.34. The number of sulfonamides is 1. The zero-order valence-electron chi connectivity index (χ0n) is 17.9. The molecule has 0 saturated carbocycles. The Morgan fingerprint density at radius 1 is 0.941 bits per heavy atom. The monoisotopic (exact) mass is 502 g/mol. The van der Waals surface area contributed by atoms with Crippen LogP contribution in [0.1, 0.15) is 0 Å². The van der Waals surface area contributed by atoms with E-state index in [4.69, 9.17) is 24.5 Å². The number of aliphatic hydroxyl groups is 1. The van der Waals surface area contributed by atoms with Crippen molar-refractivity contribution in [1.82, 2.24) is 9.21 Å². The fraction of sp³-hybridized carbons (Fsp3) is 0.333. The van der Waals surface area contributed by atoms with Crippen molar-refractivity contribution in [1.29, 1.82) is 0 Å². The van der Waals surface area contributed by atoms with E-state index >= 15 is 0 Å². The molecule has 34 heavy (non-hydrogen) atoms. The van der Waals surface area contributed by atoms with Gasteiger partial charge in [0.2, 0.25) is 10.0 Å². The molecule has 2 aromatic rings. The van der Waals surface area contributed by atoms with Crippen LogP contribution in [0.15, 0.2) is 53.4 Å². The molecular weight excluding hydrogens is 478 g/mol. The van der Waals surface area contributed by atoms with Gasteiger partial charge in [0.15, 0.2) is 11.6 Å². The number of carboxylic acids is 2. The van der Waals surface area contributed by atoms with E-state index in [-0.39, 0.29) is 30.3 Å². The van der Waals surface area contributed by atoms with Crippen LogP contribution in [-0.2, 0) is 19.6 Å². The Morgan fingerprint density at radius 2 is 1.50 bits per heavy atom. The van der Waals surface area contributed by atoms with Gasteiger partial charge >= 0.3 is 11.9 Å². The summed E-state index contributed by atoms with van der Waals surface area (Å²) in [7, 11) is -3.67. The van der Waals surface area contributed by atoms with Crippen molar-refractivity contribution in [3.05, 3.63) is 60.2 Å². The van der Waals surface area contributed by atoms with Gasteiger partial charge in [-0.25, -0.2) is 26.8 Å². The first-order valence-electron chi connectivity index (χ1n) is 10.0. The highest BCUT2D eigenvalue weighted by molar-refractivity contribution is 7.89. The average Bonchev–Trinajstić information content (AvgIpc) is 2.79. The number of halogens is 2. The minimum Gasteiger partial charge on any atom is -0.488 e. The molecule has 3 N–H and O–H groups in total. The summed E-state index contributed by atoms with van der Waals surface area (Å²) in [6.45, 7) is 1.64. The molecular formula is C21H24F2N2O8S. The first-order valence-corrected chi connectivity index (χ1v) is 11.4. The van der Waals surface area contributed by atoms with Crippen LogP contribution in [-0.4, -0.2) is 90.3 Å². The highest BCUT2D eigenvalue weighted by Gasteiger charge is 2.29. The van der Waals surface area contributed by atoms with E-state index in [1.54, 1.807) is 12.1 Å². The van der Waals surface area contributed by atoms with Crippen molar-refractivity contribution in [3.8, 4) is 5.75 Å². The van der Waals surface area contributed by atoms with Crippen LogP contribution in [0, 0.1) is 11.6 Å². The molecule has 13 heteroatoms. The van der Waals surface area contributed by atoms with Gasteiger partial charge < -0.3 is 20.1 Å². The van der Waals surface area contributed by atoms with Crippen molar-refractivity contribution in [2.75, 3.05) is 39.3 Å². The molecule has 0 aliphatic carbocycles. The molecule has 1 aliphatic heterocycles. The third kappa shape index (κ3) is 8.02. The number of carboxylic acid groups (broad SMARTS) is 2. The van der Waals surface area contributed by atoms with Crippen LogP contribution in [0.2, 0.25) is 0 Å². The maximum absolute atomic E-state index is 13.5. The first-order chi connectivity index (χ1) is 16.0. The van der Waals surface area contributed by atoms with Gasteiger partial charge in [0, 0.05) is 32.7 Å². The normalized spacial score (nSPS) is 15.6. The van der Waals surface area contributed by atoms with Crippen molar-refractivity contribution in [2.24, 2.45) is 0 Å². The third-order valence-electron chi connectivity index (χ3n) is 4.70. The second-order valence-electron chi connectivity index (χ2n) is 7.16. The number of piperazine rings is 1. The van der Waals surface area contributed by atoms with Gasteiger partial charge in [-0.3, -0.25) is 4.90 Å². The van der Waals surface area contributed by atoms with Gasteiger partial charge in [-0.15, -0.1) is 0 Å². The lowest BCUT2D eigenvalue weighted by Crippen LogP contribution is -2.50. The molecule has 1 heterocycles. The van der Waals surface area contributed by atoms with Gasteiger partial charge in [0.1, 0.15) is 18.5 Å². The molecule has 0 aromatic heterocycles.